The van der Waals surface area contributed by atoms with Gasteiger partial charge in [-0.25, -0.2) is 0 Å². The molecule has 0 radical (unpaired) electrons. The SMILES string of the molecule is O=C(O)C[C@H](Cl)C(=O)O. The van der Waals surface area contributed by atoms with Crippen molar-refractivity contribution in [2.45, 2.75) is 11.8 Å². The van der Waals surface area contributed by atoms with E-state index in [2.05, 4.69) is 0 Å². The van der Waals surface area contributed by atoms with Crippen LogP contribution in [0.25, 0.3) is 0 Å². The molecule has 0 aromatic heterocycles. The van der Waals surface area contributed by atoms with E-state index in [4.69, 9.17) is 21.8 Å². The second-order valence-electron chi connectivity index (χ2n) is 1.40. The molecule has 0 unspecified atom stereocenters. The topological polar surface area (TPSA) is 74.6 Å². The number of halogens is 1. The van der Waals surface area contributed by atoms with Gasteiger partial charge in [-0.1, -0.05) is 0 Å². The Morgan fingerprint density at radius 1 is 1.44 bits per heavy atom. The van der Waals surface area contributed by atoms with E-state index in [-0.39, 0.29) is 0 Å². The molecule has 5 heteroatoms. The lowest BCUT2D eigenvalue weighted by molar-refractivity contribution is -0.143. The molecule has 0 spiro atoms. The molecule has 0 saturated carbocycles. The molecule has 52 valence electrons. The quantitative estimate of drug-likeness (QED) is 0.565. The third-order valence-electron chi connectivity index (χ3n) is 0.622. The van der Waals surface area contributed by atoms with Crippen LogP contribution in [0.5, 0.6) is 0 Å². The fraction of sp³-hybridized carbons (Fsp3) is 0.500. The second-order valence-corrected chi connectivity index (χ2v) is 1.93. The van der Waals surface area contributed by atoms with Crippen molar-refractivity contribution in [3.63, 3.8) is 0 Å². The standard InChI is InChI=1S/C4H5ClO4/c5-2(4(8)9)1-3(6)7/h2H,1H2,(H,6,7)(H,8,9)/t2-/m0/s1. The maximum Gasteiger partial charge on any atom is 0.322 e. The summed E-state index contributed by atoms with van der Waals surface area (Å²) >= 11 is 5.03. The Morgan fingerprint density at radius 2 is 1.89 bits per heavy atom. The number of carbonyl (C=O) groups is 2. The van der Waals surface area contributed by atoms with Gasteiger partial charge >= 0.3 is 11.9 Å². The Kier molecular flexibility index (Phi) is 3.01. The van der Waals surface area contributed by atoms with Crippen molar-refractivity contribution in [3.05, 3.63) is 0 Å². The highest BCUT2D eigenvalue weighted by Crippen LogP contribution is 2.00. The van der Waals surface area contributed by atoms with Crippen LogP contribution >= 0.6 is 11.6 Å². The molecule has 0 rings (SSSR count). The Morgan fingerprint density at radius 3 is 2.00 bits per heavy atom. The third-order valence-corrected chi connectivity index (χ3v) is 0.963. The van der Waals surface area contributed by atoms with Crippen LogP contribution in [0, 0.1) is 0 Å². The van der Waals surface area contributed by atoms with Gasteiger partial charge in [-0.05, 0) is 0 Å². The Labute approximate surface area is 56.0 Å². The van der Waals surface area contributed by atoms with E-state index in [0.29, 0.717) is 0 Å². The summed E-state index contributed by atoms with van der Waals surface area (Å²) in [5.41, 5.74) is 0. The van der Waals surface area contributed by atoms with E-state index in [1.54, 1.807) is 0 Å². The lowest BCUT2D eigenvalue weighted by Gasteiger charge is -1.96. The third kappa shape index (κ3) is 3.78. The molecule has 0 aromatic carbocycles. The number of hydrogen-bond donors (Lipinski definition) is 2. The molecule has 0 aliphatic heterocycles. The predicted octanol–water partition coefficient (Wildman–Crippen LogP) is 0.153. The van der Waals surface area contributed by atoms with Crippen molar-refractivity contribution in [2.75, 3.05) is 0 Å². The molecule has 0 bridgehead atoms. The number of carboxylic acids is 2. The largest absolute Gasteiger partial charge is 0.481 e. The van der Waals surface area contributed by atoms with E-state index < -0.39 is 23.7 Å². The van der Waals surface area contributed by atoms with Crippen LogP contribution < -0.4 is 0 Å². The van der Waals surface area contributed by atoms with Gasteiger partial charge in [0.2, 0.25) is 0 Å². The van der Waals surface area contributed by atoms with Gasteiger partial charge in [0, 0.05) is 0 Å². The van der Waals surface area contributed by atoms with Gasteiger partial charge in [-0.3, -0.25) is 9.59 Å². The average molecular weight is 153 g/mol. The first-order valence-corrected chi connectivity index (χ1v) is 2.56. The monoisotopic (exact) mass is 152 g/mol. The Balaban J connectivity index is 3.63. The average Bonchev–Trinajstić information content (AvgIpc) is 1.63. The molecular formula is C4H5ClO4. The van der Waals surface area contributed by atoms with Crippen LogP contribution in [0.15, 0.2) is 0 Å². The van der Waals surface area contributed by atoms with E-state index in [1.807, 2.05) is 0 Å². The molecule has 4 nitrogen and oxygen atoms in total. The smallest absolute Gasteiger partial charge is 0.322 e. The molecular weight excluding hydrogens is 147 g/mol. The summed E-state index contributed by atoms with van der Waals surface area (Å²) in [6.07, 6.45) is -0.545. The first-order valence-electron chi connectivity index (χ1n) is 2.12. The van der Waals surface area contributed by atoms with Crippen molar-refractivity contribution in [2.24, 2.45) is 0 Å². The number of aliphatic carboxylic acids is 2. The molecule has 0 fully saturated rings. The fourth-order valence-corrected chi connectivity index (χ4v) is 0.373. The van der Waals surface area contributed by atoms with Gasteiger partial charge in [0.15, 0.2) is 0 Å². The molecule has 0 aliphatic rings. The maximum atomic E-state index is 9.84. The predicted molar refractivity (Wildman–Crippen MR) is 29.5 cm³/mol. The van der Waals surface area contributed by atoms with Crippen LogP contribution in [0.4, 0.5) is 0 Å². The molecule has 0 aliphatic carbocycles. The van der Waals surface area contributed by atoms with Crippen molar-refractivity contribution in [1.29, 1.82) is 0 Å². The van der Waals surface area contributed by atoms with Gasteiger partial charge < -0.3 is 10.2 Å². The summed E-state index contributed by atoms with van der Waals surface area (Å²) in [4.78, 5) is 19.6. The summed E-state index contributed by atoms with van der Waals surface area (Å²) in [6.45, 7) is 0. The lowest BCUT2D eigenvalue weighted by atomic mass is 10.3. The summed E-state index contributed by atoms with van der Waals surface area (Å²) < 4.78 is 0. The van der Waals surface area contributed by atoms with Gasteiger partial charge in [0.05, 0.1) is 6.42 Å². The minimum atomic E-state index is -1.32. The van der Waals surface area contributed by atoms with Gasteiger partial charge in [-0.15, -0.1) is 11.6 Å². The van der Waals surface area contributed by atoms with Crippen LogP contribution in [0.1, 0.15) is 6.42 Å². The number of carboxylic acid groups (broad SMARTS) is 2. The lowest BCUT2D eigenvalue weighted by Crippen LogP contribution is -2.17. The van der Waals surface area contributed by atoms with Crippen LogP contribution in [0.3, 0.4) is 0 Å². The molecule has 0 aromatic rings. The molecule has 2 N–H and O–H groups in total. The van der Waals surface area contributed by atoms with Gasteiger partial charge in [0.25, 0.3) is 0 Å². The van der Waals surface area contributed by atoms with Crippen molar-refractivity contribution in [3.8, 4) is 0 Å². The second kappa shape index (κ2) is 3.29. The van der Waals surface area contributed by atoms with Crippen LogP contribution in [0.2, 0.25) is 0 Å². The van der Waals surface area contributed by atoms with Gasteiger partial charge in [-0.2, -0.15) is 0 Å². The maximum absolute atomic E-state index is 9.84. The highest BCUT2D eigenvalue weighted by molar-refractivity contribution is 6.30. The highest BCUT2D eigenvalue weighted by Gasteiger charge is 2.16. The first-order chi connectivity index (χ1) is 4.04. The van der Waals surface area contributed by atoms with Crippen molar-refractivity contribution < 1.29 is 19.8 Å². The zero-order chi connectivity index (χ0) is 7.44. The summed E-state index contributed by atoms with van der Waals surface area (Å²) in [7, 11) is 0. The first kappa shape index (κ1) is 8.23. The Bertz CT molecular complexity index is 133. The summed E-state index contributed by atoms with van der Waals surface area (Å²) in [6, 6.07) is 0. The highest BCUT2D eigenvalue weighted by atomic mass is 35.5. The number of hydrogen-bond acceptors (Lipinski definition) is 2. The van der Waals surface area contributed by atoms with Crippen molar-refractivity contribution in [1.82, 2.24) is 0 Å². The van der Waals surface area contributed by atoms with E-state index in [1.165, 1.54) is 0 Å². The molecule has 1 atom stereocenters. The van der Waals surface area contributed by atoms with Gasteiger partial charge in [0.1, 0.15) is 5.38 Å². The normalized spacial score (nSPS) is 12.6. The molecule has 9 heavy (non-hydrogen) atoms. The Hall–Kier alpha value is -0.770. The summed E-state index contributed by atoms with van der Waals surface area (Å²) in [5, 5.41) is 14.7. The molecule has 0 heterocycles. The zero-order valence-corrected chi connectivity index (χ0v) is 5.13. The zero-order valence-electron chi connectivity index (χ0n) is 4.37. The van der Waals surface area contributed by atoms with E-state index >= 15 is 0 Å². The minimum absolute atomic E-state index is 0.545. The molecule has 0 amide bonds. The number of rotatable bonds is 3. The van der Waals surface area contributed by atoms with E-state index in [0.717, 1.165) is 0 Å². The van der Waals surface area contributed by atoms with Crippen molar-refractivity contribution >= 4 is 23.5 Å². The fourth-order valence-electron chi connectivity index (χ4n) is 0.241. The van der Waals surface area contributed by atoms with Crippen LogP contribution in [-0.2, 0) is 9.59 Å². The number of alkyl halides is 1. The molecule has 0 saturated heterocycles. The summed E-state index contributed by atoms with van der Waals surface area (Å²) in [5.74, 6) is -2.52. The van der Waals surface area contributed by atoms with Crippen LogP contribution in [-0.4, -0.2) is 27.5 Å². The minimum Gasteiger partial charge on any atom is -0.481 e. The van der Waals surface area contributed by atoms with E-state index in [9.17, 15) is 9.59 Å².